The van der Waals surface area contributed by atoms with Crippen LogP contribution in [0.2, 0.25) is 0 Å². The van der Waals surface area contributed by atoms with Crippen LogP contribution < -0.4 is 10.1 Å². The summed E-state index contributed by atoms with van der Waals surface area (Å²) in [5.74, 6) is 2.34. The molecule has 1 N–H and O–H groups in total. The van der Waals surface area contributed by atoms with Gasteiger partial charge >= 0.3 is 0 Å². The molecule has 1 saturated heterocycles. The van der Waals surface area contributed by atoms with E-state index < -0.39 is 0 Å². The van der Waals surface area contributed by atoms with Crippen LogP contribution >= 0.6 is 0 Å². The predicted octanol–water partition coefficient (Wildman–Crippen LogP) is 3.39. The zero-order valence-electron chi connectivity index (χ0n) is 11.1. The van der Waals surface area contributed by atoms with Gasteiger partial charge in [0.2, 0.25) is 0 Å². The quantitative estimate of drug-likeness (QED) is 0.860. The fourth-order valence-corrected chi connectivity index (χ4v) is 2.23. The highest BCUT2D eigenvalue weighted by molar-refractivity contribution is 5.29. The minimum Gasteiger partial charge on any atom is -0.493 e. The monoisotopic (exact) mass is 233 g/mol. The van der Waals surface area contributed by atoms with Crippen molar-refractivity contribution in [1.82, 2.24) is 5.32 Å². The van der Waals surface area contributed by atoms with Gasteiger partial charge in [-0.2, -0.15) is 0 Å². The fourth-order valence-electron chi connectivity index (χ4n) is 2.23. The molecule has 0 aromatic heterocycles. The molecule has 2 atom stereocenters. The molecule has 0 radical (unpaired) electrons. The van der Waals surface area contributed by atoms with Gasteiger partial charge in [-0.15, -0.1) is 0 Å². The standard InChI is InChI=1S/C15H23NO/c1-11(2)10-17-14-6-4-13(5-7-14)15-8-12(3)9-16-15/h4-7,11-12,15-16H,8-10H2,1-3H3/t12-,15+/m0/s1. The van der Waals surface area contributed by atoms with Crippen LogP contribution in [0.3, 0.4) is 0 Å². The molecule has 1 aliphatic heterocycles. The second-order valence-electron chi connectivity index (χ2n) is 5.58. The van der Waals surface area contributed by atoms with Gasteiger partial charge in [0.05, 0.1) is 6.61 Å². The van der Waals surface area contributed by atoms with Crippen molar-refractivity contribution in [3.8, 4) is 5.75 Å². The molecule has 0 aliphatic carbocycles. The Kier molecular flexibility index (Phi) is 4.06. The van der Waals surface area contributed by atoms with Gasteiger partial charge in [0.1, 0.15) is 5.75 Å². The maximum atomic E-state index is 5.69. The van der Waals surface area contributed by atoms with Gasteiger partial charge in [0.15, 0.2) is 0 Å². The van der Waals surface area contributed by atoms with Gasteiger partial charge in [-0.1, -0.05) is 32.9 Å². The lowest BCUT2D eigenvalue weighted by molar-refractivity contribution is 0.271. The minimum absolute atomic E-state index is 0.532. The second kappa shape index (κ2) is 5.54. The Morgan fingerprint density at radius 2 is 2.00 bits per heavy atom. The molecule has 1 aromatic rings. The Balaban J connectivity index is 1.93. The number of hydrogen-bond acceptors (Lipinski definition) is 2. The van der Waals surface area contributed by atoms with Crippen LogP contribution in [0, 0.1) is 11.8 Å². The average molecular weight is 233 g/mol. The molecule has 0 spiro atoms. The van der Waals surface area contributed by atoms with Crippen molar-refractivity contribution in [3.63, 3.8) is 0 Å². The molecule has 1 aliphatic rings. The summed E-state index contributed by atoms with van der Waals surface area (Å²) < 4.78 is 5.69. The van der Waals surface area contributed by atoms with E-state index in [2.05, 4.69) is 50.4 Å². The van der Waals surface area contributed by atoms with Crippen LogP contribution in [0.4, 0.5) is 0 Å². The number of ether oxygens (including phenoxy) is 1. The highest BCUT2D eigenvalue weighted by atomic mass is 16.5. The summed E-state index contributed by atoms with van der Waals surface area (Å²) in [5, 5.41) is 3.55. The van der Waals surface area contributed by atoms with E-state index >= 15 is 0 Å². The van der Waals surface area contributed by atoms with Gasteiger partial charge in [0, 0.05) is 6.04 Å². The van der Waals surface area contributed by atoms with Gasteiger partial charge in [0.25, 0.3) is 0 Å². The summed E-state index contributed by atoms with van der Waals surface area (Å²) in [4.78, 5) is 0. The minimum atomic E-state index is 0.532. The van der Waals surface area contributed by atoms with E-state index in [0.29, 0.717) is 12.0 Å². The Morgan fingerprint density at radius 1 is 1.29 bits per heavy atom. The molecule has 2 rings (SSSR count). The van der Waals surface area contributed by atoms with Crippen LogP contribution in [0.25, 0.3) is 0 Å². The van der Waals surface area contributed by atoms with Crippen LogP contribution in [-0.4, -0.2) is 13.2 Å². The maximum absolute atomic E-state index is 5.69. The Hall–Kier alpha value is -1.02. The van der Waals surface area contributed by atoms with Crippen LogP contribution in [0.1, 0.15) is 38.8 Å². The zero-order valence-corrected chi connectivity index (χ0v) is 11.1. The first-order valence-corrected chi connectivity index (χ1v) is 6.61. The van der Waals surface area contributed by atoms with Crippen LogP contribution in [0.15, 0.2) is 24.3 Å². The van der Waals surface area contributed by atoms with Crippen molar-refractivity contribution in [2.75, 3.05) is 13.2 Å². The third-order valence-corrected chi connectivity index (χ3v) is 3.22. The first-order chi connectivity index (χ1) is 8.15. The van der Waals surface area contributed by atoms with Gasteiger partial charge in [-0.3, -0.25) is 0 Å². The van der Waals surface area contributed by atoms with E-state index in [0.717, 1.165) is 24.8 Å². The number of hydrogen-bond donors (Lipinski definition) is 1. The molecular weight excluding hydrogens is 210 g/mol. The molecule has 1 heterocycles. The maximum Gasteiger partial charge on any atom is 0.119 e. The Labute approximate surface area is 104 Å². The van der Waals surface area contributed by atoms with E-state index in [1.54, 1.807) is 0 Å². The molecule has 1 aromatic carbocycles. The van der Waals surface area contributed by atoms with E-state index in [-0.39, 0.29) is 0 Å². The van der Waals surface area contributed by atoms with E-state index in [4.69, 9.17) is 4.74 Å². The van der Waals surface area contributed by atoms with Gasteiger partial charge in [-0.05, 0) is 42.5 Å². The smallest absolute Gasteiger partial charge is 0.119 e. The van der Waals surface area contributed by atoms with Crippen molar-refractivity contribution in [1.29, 1.82) is 0 Å². The summed E-state index contributed by atoms with van der Waals surface area (Å²) in [7, 11) is 0. The number of nitrogens with one attached hydrogen (secondary N) is 1. The van der Waals surface area contributed by atoms with Crippen molar-refractivity contribution in [2.24, 2.45) is 11.8 Å². The molecule has 2 nitrogen and oxygen atoms in total. The topological polar surface area (TPSA) is 21.3 Å². The molecule has 94 valence electrons. The van der Waals surface area contributed by atoms with Crippen molar-refractivity contribution in [3.05, 3.63) is 29.8 Å². The molecule has 2 heteroatoms. The molecule has 0 saturated carbocycles. The Bertz CT molecular complexity index is 344. The molecule has 1 fully saturated rings. The fraction of sp³-hybridized carbons (Fsp3) is 0.600. The summed E-state index contributed by atoms with van der Waals surface area (Å²) in [5.41, 5.74) is 1.38. The molecule has 0 unspecified atom stereocenters. The lowest BCUT2D eigenvalue weighted by Gasteiger charge is -2.12. The highest BCUT2D eigenvalue weighted by Crippen LogP contribution is 2.27. The van der Waals surface area contributed by atoms with E-state index in [9.17, 15) is 0 Å². The lowest BCUT2D eigenvalue weighted by atomic mass is 10.0. The van der Waals surface area contributed by atoms with Crippen molar-refractivity contribution < 1.29 is 4.74 Å². The van der Waals surface area contributed by atoms with Crippen molar-refractivity contribution in [2.45, 2.75) is 33.2 Å². The van der Waals surface area contributed by atoms with Crippen LogP contribution in [0.5, 0.6) is 5.75 Å². The van der Waals surface area contributed by atoms with E-state index in [1.807, 2.05) is 0 Å². The van der Waals surface area contributed by atoms with Crippen molar-refractivity contribution >= 4 is 0 Å². The van der Waals surface area contributed by atoms with E-state index in [1.165, 1.54) is 12.0 Å². The third kappa shape index (κ3) is 3.47. The summed E-state index contributed by atoms with van der Waals surface area (Å²) in [6.07, 6.45) is 1.24. The molecule has 0 bridgehead atoms. The van der Waals surface area contributed by atoms with Gasteiger partial charge < -0.3 is 10.1 Å². The summed E-state index contributed by atoms with van der Waals surface area (Å²) in [6.45, 7) is 8.55. The second-order valence-corrected chi connectivity index (χ2v) is 5.58. The largest absolute Gasteiger partial charge is 0.493 e. The summed E-state index contributed by atoms with van der Waals surface area (Å²) in [6, 6.07) is 9.07. The first kappa shape index (κ1) is 12.4. The Morgan fingerprint density at radius 3 is 2.53 bits per heavy atom. The number of rotatable bonds is 4. The lowest BCUT2D eigenvalue weighted by Crippen LogP contribution is -2.13. The number of benzene rings is 1. The highest BCUT2D eigenvalue weighted by Gasteiger charge is 2.21. The third-order valence-electron chi connectivity index (χ3n) is 3.22. The summed E-state index contributed by atoms with van der Waals surface area (Å²) >= 11 is 0. The SMILES string of the molecule is CC(C)COc1ccc([C@H]2C[C@H](C)CN2)cc1. The molecule has 17 heavy (non-hydrogen) atoms. The van der Waals surface area contributed by atoms with Gasteiger partial charge in [-0.25, -0.2) is 0 Å². The zero-order chi connectivity index (χ0) is 12.3. The average Bonchev–Trinajstić information content (AvgIpc) is 2.74. The first-order valence-electron chi connectivity index (χ1n) is 6.61. The van der Waals surface area contributed by atoms with Crippen LogP contribution in [-0.2, 0) is 0 Å². The molecule has 0 amide bonds. The normalized spacial score (nSPS) is 24.2. The molecular formula is C15H23NO. The predicted molar refractivity (Wildman–Crippen MR) is 71.3 cm³/mol.